The number of anilines is 1. The van der Waals surface area contributed by atoms with Crippen LogP contribution in [0, 0.1) is 32.2 Å². The monoisotopic (exact) mass is 203 g/mol. The highest BCUT2D eigenvalue weighted by atomic mass is 16.2. The molecule has 0 spiro atoms. The fraction of sp³-hybridized carbons (Fsp3) is 0.273. The van der Waals surface area contributed by atoms with Crippen LogP contribution in [0.5, 0.6) is 0 Å². The lowest BCUT2D eigenvalue weighted by Crippen LogP contribution is -2.24. The lowest BCUT2D eigenvalue weighted by molar-refractivity contribution is 0.255. The molecule has 0 aliphatic heterocycles. The molecule has 0 bridgehead atoms. The average molecular weight is 203 g/mol. The molecule has 1 rings (SSSR count). The van der Waals surface area contributed by atoms with Crippen molar-refractivity contribution in [3.63, 3.8) is 0 Å². The van der Waals surface area contributed by atoms with Gasteiger partial charge in [-0.1, -0.05) is 6.07 Å². The highest BCUT2D eigenvalue weighted by Gasteiger charge is 2.06. The molecule has 0 saturated heterocycles. The smallest absolute Gasteiger partial charge is 0.307 e. The zero-order valence-corrected chi connectivity index (χ0v) is 9.01. The van der Waals surface area contributed by atoms with Gasteiger partial charge in [0.15, 0.2) is 6.19 Å². The Morgan fingerprint density at radius 2 is 1.93 bits per heavy atom. The van der Waals surface area contributed by atoms with Gasteiger partial charge in [0.05, 0.1) is 0 Å². The van der Waals surface area contributed by atoms with Crippen molar-refractivity contribution in [2.45, 2.75) is 20.8 Å². The highest BCUT2D eigenvalue weighted by Crippen LogP contribution is 2.21. The van der Waals surface area contributed by atoms with Crippen LogP contribution in [0.1, 0.15) is 16.7 Å². The molecule has 0 unspecified atom stereocenters. The predicted octanol–water partition coefficient (Wildman–Crippen LogP) is 2.21. The van der Waals surface area contributed by atoms with Crippen molar-refractivity contribution < 1.29 is 4.79 Å². The number of nitriles is 1. The van der Waals surface area contributed by atoms with Gasteiger partial charge in [-0.2, -0.15) is 5.26 Å². The zero-order chi connectivity index (χ0) is 11.4. The molecule has 78 valence electrons. The number of urea groups is 1. The van der Waals surface area contributed by atoms with E-state index in [4.69, 9.17) is 5.26 Å². The van der Waals surface area contributed by atoms with Crippen LogP contribution in [-0.4, -0.2) is 6.03 Å². The maximum atomic E-state index is 11.1. The minimum absolute atomic E-state index is 0.510. The molecule has 0 radical (unpaired) electrons. The van der Waals surface area contributed by atoms with E-state index in [9.17, 15) is 4.79 Å². The summed E-state index contributed by atoms with van der Waals surface area (Å²) in [5.41, 5.74) is 4.07. The van der Waals surface area contributed by atoms with E-state index in [1.54, 1.807) is 6.19 Å². The van der Waals surface area contributed by atoms with Crippen molar-refractivity contribution in [1.29, 1.82) is 5.26 Å². The van der Waals surface area contributed by atoms with Crippen molar-refractivity contribution >= 4 is 11.7 Å². The molecule has 15 heavy (non-hydrogen) atoms. The molecular formula is C11H13N3O. The van der Waals surface area contributed by atoms with Crippen LogP contribution in [0.15, 0.2) is 12.1 Å². The number of rotatable bonds is 1. The summed E-state index contributed by atoms with van der Waals surface area (Å²) in [7, 11) is 0. The van der Waals surface area contributed by atoms with Crippen LogP contribution < -0.4 is 10.6 Å². The summed E-state index contributed by atoms with van der Waals surface area (Å²) in [4.78, 5) is 11.1. The van der Waals surface area contributed by atoms with Crippen LogP contribution in [0.3, 0.4) is 0 Å². The van der Waals surface area contributed by atoms with Gasteiger partial charge in [-0.05, 0) is 43.5 Å². The Morgan fingerprint density at radius 1 is 1.27 bits per heavy atom. The maximum absolute atomic E-state index is 11.1. The third-order valence-electron chi connectivity index (χ3n) is 2.48. The molecule has 1 aromatic carbocycles. The summed E-state index contributed by atoms with van der Waals surface area (Å²) in [6.45, 7) is 5.95. The first-order valence-electron chi connectivity index (χ1n) is 4.59. The summed E-state index contributed by atoms with van der Waals surface area (Å²) in [5, 5.41) is 12.9. The molecular weight excluding hydrogens is 190 g/mol. The normalized spacial score (nSPS) is 9.20. The largest absolute Gasteiger partial charge is 0.332 e. The second-order valence-electron chi connectivity index (χ2n) is 3.37. The number of nitrogens with zero attached hydrogens (tertiary/aromatic N) is 1. The Hall–Kier alpha value is -2.02. The van der Waals surface area contributed by atoms with E-state index in [1.807, 2.05) is 38.2 Å². The molecule has 0 saturated carbocycles. The van der Waals surface area contributed by atoms with E-state index < -0.39 is 6.03 Å². The quantitative estimate of drug-likeness (QED) is 0.543. The Kier molecular flexibility index (Phi) is 3.29. The highest BCUT2D eigenvalue weighted by molar-refractivity contribution is 5.91. The molecule has 4 nitrogen and oxygen atoms in total. The van der Waals surface area contributed by atoms with Gasteiger partial charge in [0.25, 0.3) is 0 Å². The number of amides is 2. The van der Waals surface area contributed by atoms with Gasteiger partial charge in [-0.3, -0.25) is 0 Å². The van der Waals surface area contributed by atoms with Crippen LogP contribution in [-0.2, 0) is 0 Å². The van der Waals surface area contributed by atoms with Crippen molar-refractivity contribution in [3.8, 4) is 6.19 Å². The standard InChI is InChI=1S/C11H13N3O/c1-7-4-5-10(9(3)8(7)2)14-11(15)13-6-12/h4-5H,1-3H3,(H2,13,14,15). The average Bonchev–Trinajstić information content (AvgIpc) is 2.20. The van der Waals surface area contributed by atoms with Crippen LogP contribution in [0.2, 0.25) is 0 Å². The van der Waals surface area contributed by atoms with Crippen molar-refractivity contribution in [3.05, 3.63) is 28.8 Å². The van der Waals surface area contributed by atoms with Gasteiger partial charge in [0.2, 0.25) is 0 Å². The molecule has 2 N–H and O–H groups in total. The van der Waals surface area contributed by atoms with Gasteiger partial charge in [-0.25, -0.2) is 10.1 Å². The number of hydrogen-bond acceptors (Lipinski definition) is 2. The topological polar surface area (TPSA) is 64.9 Å². The van der Waals surface area contributed by atoms with E-state index >= 15 is 0 Å². The molecule has 0 aliphatic carbocycles. The number of benzene rings is 1. The zero-order valence-electron chi connectivity index (χ0n) is 9.01. The van der Waals surface area contributed by atoms with Crippen LogP contribution in [0.4, 0.5) is 10.5 Å². The first-order valence-corrected chi connectivity index (χ1v) is 4.59. The van der Waals surface area contributed by atoms with E-state index in [1.165, 1.54) is 5.56 Å². The SMILES string of the molecule is Cc1ccc(NC(=O)NC#N)c(C)c1C. The lowest BCUT2D eigenvalue weighted by Gasteiger charge is -2.11. The molecule has 2 amide bonds. The first kappa shape index (κ1) is 11.1. The number of aryl methyl sites for hydroxylation is 1. The van der Waals surface area contributed by atoms with E-state index in [0.29, 0.717) is 0 Å². The fourth-order valence-corrected chi connectivity index (χ4v) is 1.30. The van der Waals surface area contributed by atoms with Crippen LogP contribution >= 0.6 is 0 Å². The second kappa shape index (κ2) is 4.47. The van der Waals surface area contributed by atoms with Gasteiger partial charge in [-0.15, -0.1) is 0 Å². The third-order valence-corrected chi connectivity index (χ3v) is 2.48. The van der Waals surface area contributed by atoms with Crippen molar-refractivity contribution in [1.82, 2.24) is 5.32 Å². The maximum Gasteiger partial charge on any atom is 0.332 e. The summed E-state index contributed by atoms with van der Waals surface area (Å²) >= 11 is 0. The molecule has 0 heterocycles. The van der Waals surface area contributed by atoms with Gasteiger partial charge in [0.1, 0.15) is 0 Å². The first-order chi connectivity index (χ1) is 7.06. The number of hydrogen-bond donors (Lipinski definition) is 2. The predicted molar refractivity (Wildman–Crippen MR) is 58.4 cm³/mol. The summed E-state index contributed by atoms with van der Waals surface area (Å²) < 4.78 is 0. The summed E-state index contributed by atoms with van der Waals surface area (Å²) in [5.74, 6) is 0. The Morgan fingerprint density at radius 3 is 2.53 bits per heavy atom. The van der Waals surface area contributed by atoms with Gasteiger partial charge < -0.3 is 5.32 Å². The fourth-order valence-electron chi connectivity index (χ4n) is 1.30. The number of carbonyl (C=O) groups is 1. The van der Waals surface area contributed by atoms with Gasteiger partial charge in [0, 0.05) is 5.69 Å². The number of carbonyl (C=O) groups excluding carboxylic acids is 1. The van der Waals surface area contributed by atoms with E-state index in [-0.39, 0.29) is 0 Å². The molecule has 0 atom stereocenters. The van der Waals surface area contributed by atoms with Gasteiger partial charge >= 0.3 is 6.03 Å². The van der Waals surface area contributed by atoms with Crippen molar-refractivity contribution in [2.75, 3.05) is 5.32 Å². The van der Waals surface area contributed by atoms with Crippen LogP contribution in [0.25, 0.3) is 0 Å². The van der Waals surface area contributed by atoms with Crippen molar-refractivity contribution in [2.24, 2.45) is 0 Å². The minimum atomic E-state index is -0.510. The third kappa shape index (κ3) is 2.47. The lowest BCUT2D eigenvalue weighted by atomic mass is 10.0. The summed E-state index contributed by atoms with van der Waals surface area (Å²) in [6.07, 6.45) is 1.57. The Balaban J connectivity index is 2.93. The Bertz CT molecular complexity index is 432. The molecule has 0 aliphatic rings. The molecule has 0 aromatic heterocycles. The van der Waals surface area contributed by atoms with E-state index in [2.05, 4.69) is 5.32 Å². The van der Waals surface area contributed by atoms with E-state index in [0.717, 1.165) is 16.8 Å². The second-order valence-corrected chi connectivity index (χ2v) is 3.37. The summed E-state index contributed by atoms with van der Waals surface area (Å²) in [6, 6.07) is 3.25. The minimum Gasteiger partial charge on any atom is -0.307 e. The Labute approximate surface area is 88.9 Å². The molecule has 0 fully saturated rings. The molecule has 4 heteroatoms. The molecule has 1 aromatic rings. The number of nitrogens with one attached hydrogen (secondary N) is 2.